The van der Waals surface area contributed by atoms with Gasteiger partial charge in [-0.05, 0) is 44.5 Å². The average Bonchev–Trinajstić information content (AvgIpc) is 3.15. The lowest BCUT2D eigenvalue weighted by molar-refractivity contribution is 0.0995. The number of hydrogen-bond donors (Lipinski definition) is 2. The van der Waals surface area contributed by atoms with Gasteiger partial charge >= 0.3 is 0 Å². The van der Waals surface area contributed by atoms with Crippen molar-refractivity contribution in [2.45, 2.75) is 40.3 Å². The van der Waals surface area contributed by atoms with Gasteiger partial charge in [-0.15, -0.1) is 0 Å². The van der Waals surface area contributed by atoms with Crippen LogP contribution in [-0.4, -0.2) is 31.1 Å². The minimum absolute atomic E-state index is 0.268. The van der Waals surface area contributed by atoms with Gasteiger partial charge in [-0.25, -0.2) is 4.98 Å². The third-order valence-corrected chi connectivity index (χ3v) is 4.14. The fraction of sp³-hybridized carbons (Fsp3) is 0.333. The van der Waals surface area contributed by atoms with Crippen molar-refractivity contribution in [3.8, 4) is 0 Å². The predicted octanol–water partition coefficient (Wildman–Crippen LogP) is 2.32. The Balaban J connectivity index is 2.02. The number of rotatable bonds is 6. The van der Waals surface area contributed by atoms with Crippen LogP contribution >= 0.6 is 0 Å². The van der Waals surface area contributed by atoms with Crippen LogP contribution in [0.25, 0.3) is 11.0 Å². The molecule has 2 heterocycles. The Morgan fingerprint density at radius 1 is 1.23 bits per heavy atom. The van der Waals surface area contributed by atoms with Crippen LogP contribution in [0, 0.1) is 6.92 Å². The Labute approximate surface area is 151 Å². The molecule has 0 aliphatic carbocycles. The van der Waals surface area contributed by atoms with Gasteiger partial charge in [-0.1, -0.05) is 6.92 Å². The number of aromatic nitrogens is 4. The van der Waals surface area contributed by atoms with Crippen LogP contribution in [0.15, 0.2) is 24.3 Å². The standard InChI is InChI=1S/C18H22N6O2/c1-4-8-23-14-10-12(16(19)25)6-7-13(14)20-18(23)21-17(26)15-9-11(3)22-24(15)5-2/h6-7,9-10H,4-5,8H2,1-3H3,(H2,19,25)(H,20,21,26). The lowest BCUT2D eigenvalue weighted by atomic mass is 10.2. The van der Waals surface area contributed by atoms with Crippen molar-refractivity contribution in [3.63, 3.8) is 0 Å². The second-order valence-corrected chi connectivity index (χ2v) is 6.10. The number of carbonyl (C=O) groups excluding carboxylic acids is 2. The summed E-state index contributed by atoms with van der Waals surface area (Å²) >= 11 is 0. The van der Waals surface area contributed by atoms with Gasteiger partial charge in [0.2, 0.25) is 11.9 Å². The van der Waals surface area contributed by atoms with Crippen LogP contribution in [0.1, 0.15) is 46.8 Å². The lowest BCUT2D eigenvalue weighted by Gasteiger charge is -2.10. The number of benzene rings is 1. The average molecular weight is 354 g/mol. The highest BCUT2D eigenvalue weighted by Crippen LogP contribution is 2.22. The highest BCUT2D eigenvalue weighted by atomic mass is 16.2. The number of aryl methyl sites for hydroxylation is 3. The molecule has 136 valence electrons. The SMILES string of the molecule is CCCn1c(NC(=O)c2cc(C)nn2CC)nc2ccc(C(N)=O)cc21. The first-order valence-corrected chi connectivity index (χ1v) is 8.60. The quantitative estimate of drug-likeness (QED) is 0.708. The van der Waals surface area contributed by atoms with Crippen LogP contribution in [0.3, 0.4) is 0 Å². The molecule has 2 aromatic heterocycles. The zero-order valence-corrected chi connectivity index (χ0v) is 15.1. The molecule has 0 aliphatic heterocycles. The summed E-state index contributed by atoms with van der Waals surface area (Å²) < 4.78 is 3.54. The second-order valence-electron chi connectivity index (χ2n) is 6.10. The summed E-state index contributed by atoms with van der Waals surface area (Å²) in [7, 11) is 0. The summed E-state index contributed by atoms with van der Waals surface area (Å²) in [6, 6.07) is 6.82. The van der Waals surface area contributed by atoms with Gasteiger partial charge in [-0.3, -0.25) is 19.6 Å². The summed E-state index contributed by atoms with van der Waals surface area (Å²) in [5.74, 6) is -0.325. The number of primary amides is 1. The Morgan fingerprint density at radius 2 is 2.00 bits per heavy atom. The van der Waals surface area contributed by atoms with E-state index >= 15 is 0 Å². The zero-order valence-electron chi connectivity index (χ0n) is 15.1. The highest BCUT2D eigenvalue weighted by Gasteiger charge is 2.18. The molecule has 0 fully saturated rings. The molecule has 0 saturated carbocycles. The van der Waals surface area contributed by atoms with E-state index in [2.05, 4.69) is 15.4 Å². The highest BCUT2D eigenvalue weighted by molar-refractivity contribution is 6.03. The van der Waals surface area contributed by atoms with E-state index in [9.17, 15) is 9.59 Å². The molecule has 1 aromatic carbocycles. The number of imidazole rings is 1. The predicted molar refractivity (Wildman–Crippen MR) is 99.1 cm³/mol. The molecule has 8 nitrogen and oxygen atoms in total. The third-order valence-electron chi connectivity index (χ3n) is 4.14. The molecule has 0 unspecified atom stereocenters. The second kappa shape index (κ2) is 6.99. The smallest absolute Gasteiger partial charge is 0.276 e. The van der Waals surface area contributed by atoms with E-state index in [1.165, 1.54) is 0 Å². The first-order valence-electron chi connectivity index (χ1n) is 8.60. The Hall–Kier alpha value is -3.16. The minimum atomic E-state index is -0.496. The van der Waals surface area contributed by atoms with Gasteiger partial charge in [0.05, 0.1) is 16.7 Å². The van der Waals surface area contributed by atoms with E-state index in [4.69, 9.17) is 5.73 Å². The molecule has 0 bridgehead atoms. The minimum Gasteiger partial charge on any atom is -0.366 e. The van der Waals surface area contributed by atoms with Crippen molar-refractivity contribution in [3.05, 3.63) is 41.2 Å². The number of amides is 2. The number of fused-ring (bicyclic) bond motifs is 1. The number of carbonyl (C=O) groups is 2. The third kappa shape index (κ3) is 3.17. The number of nitrogens with zero attached hydrogens (tertiary/aromatic N) is 4. The van der Waals surface area contributed by atoms with E-state index in [-0.39, 0.29) is 5.91 Å². The van der Waals surface area contributed by atoms with Gasteiger partial charge in [0, 0.05) is 18.7 Å². The molecule has 3 rings (SSSR count). The fourth-order valence-electron chi connectivity index (χ4n) is 2.96. The van der Waals surface area contributed by atoms with E-state index in [0.717, 1.165) is 17.6 Å². The van der Waals surface area contributed by atoms with Crippen molar-refractivity contribution < 1.29 is 9.59 Å². The fourth-order valence-corrected chi connectivity index (χ4v) is 2.96. The van der Waals surface area contributed by atoms with Crippen molar-refractivity contribution in [2.75, 3.05) is 5.32 Å². The maximum Gasteiger partial charge on any atom is 0.276 e. The molecular formula is C18H22N6O2. The Morgan fingerprint density at radius 3 is 2.65 bits per heavy atom. The summed E-state index contributed by atoms with van der Waals surface area (Å²) in [6.45, 7) is 7.07. The van der Waals surface area contributed by atoms with Crippen LogP contribution < -0.4 is 11.1 Å². The number of nitrogens with two attached hydrogens (primary N) is 1. The first-order chi connectivity index (χ1) is 12.4. The van der Waals surface area contributed by atoms with Gasteiger partial charge < -0.3 is 10.3 Å². The van der Waals surface area contributed by atoms with Gasteiger partial charge in [0.15, 0.2) is 0 Å². The molecule has 26 heavy (non-hydrogen) atoms. The Kier molecular flexibility index (Phi) is 4.75. The first kappa shape index (κ1) is 17.7. The van der Waals surface area contributed by atoms with Gasteiger partial charge in [0.1, 0.15) is 5.69 Å². The van der Waals surface area contributed by atoms with Crippen molar-refractivity contribution >= 4 is 28.8 Å². The van der Waals surface area contributed by atoms with E-state index in [1.54, 1.807) is 28.9 Å². The Bertz CT molecular complexity index is 985. The maximum absolute atomic E-state index is 12.7. The lowest BCUT2D eigenvalue weighted by Crippen LogP contribution is -2.20. The zero-order chi connectivity index (χ0) is 18.8. The molecule has 0 spiro atoms. The number of hydrogen-bond acceptors (Lipinski definition) is 4. The molecular weight excluding hydrogens is 332 g/mol. The van der Waals surface area contributed by atoms with E-state index < -0.39 is 5.91 Å². The molecule has 0 aliphatic rings. The molecule has 3 N–H and O–H groups in total. The molecule has 3 aromatic rings. The van der Waals surface area contributed by atoms with Crippen molar-refractivity contribution in [1.29, 1.82) is 0 Å². The number of nitrogens with one attached hydrogen (secondary N) is 1. The summed E-state index contributed by atoms with van der Waals surface area (Å²) in [6.07, 6.45) is 0.848. The molecule has 0 radical (unpaired) electrons. The van der Waals surface area contributed by atoms with Crippen LogP contribution in [0.2, 0.25) is 0 Å². The summed E-state index contributed by atoms with van der Waals surface area (Å²) in [4.78, 5) is 28.7. The monoisotopic (exact) mass is 354 g/mol. The summed E-state index contributed by atoms with van der Waals surface area (Å²) in [5.41, 5.74) is 8.51. The molecule has 0 atom stereocenters. The van der Waals surface area contributed by atoms with Gasteiger partial charge in [-0.2, -0.15) is 5.10 Å². The van der Waals surface area contributed by atoms with Crippen LogP contribution in [-0.2, 0) is 13.1 Å². The molecule has 8 heteroatoms. The van der Waals surface area contributed by atoms with Gasteiger partial charge in [0.25, 0.3) is 5.91 Å². The topological polar surface area (TPSA) is 108 Å². The van der Waals surface area contributed by atoms with E-state index in [1.807, 2.05) is 25.3 Å². The maximum atomic E-state index is 12.7. The largest absolute Gasteiger partial charge is 0.366 e. The summed E-state index contributed by atoms with van der Waals surface area (Å²) in [5, 5.41) is 7.18. The molecule has 2 amide bonds. The van der Waals surface area contributed by atoms with Crippen molar-refractivity contribution in [1.82, 2.24) is 19.3 Å². The van der Waals surface area contributed by atoms with Crippen molar-refractivity contribution in [2.24, 2.45) is 5.73 Å². The van der Waals surface area contributed by atoms with E-state index in [0.29, 0.717) is 35.8 Å². The number of anilines is 1. The van der Waals surface area contributed by atoms with Crippen LogP contribution in [0.5, 0.6) is 0 Å². The van der Waals surface area contributed by atoms with Crippen LogP contribution in [0.4, 0.5) is 5.95 Å². The molecule has 0 saturated heterocycles. The normalized spacial score (nSPS) is 11.0.